The van der Waals surface area contributed by atoms with E-state index in [9.17, 15) is 13.2 Å². The first-order valence-electron chi connectivity index (χ1n) is 5.35. The van der Waals surface area contributed by atoms with Gasteiger partial charge in [-0.2, -0.15) is 0 Å². The van der Waals surface area contributed by atoms with Crippen molar-refractivity contribution < 1.29 is 22.7 Å². The van der Waals surface area contributed by atoms with E-state index in [1.54, 1.807) is 0 Å². The Labute approximate surface area is 116 Å². The fourth-order valence-electron chi connectivity index (χ4n) is 1.21. The Morgan fingerprint density at radius 2 is 1.89 bits per heavy atom. The minimum Gasteiger partial charge on any atom is -0.382 e. The Morgan fingerprint density at radius 1 is 1.26 bits per heavy atom. The normalized spacial score (nSPS) is 11.3. The van der Waals surface area contributed by atoms with E-state index in [0.29, 0.717) is 18.9 Å². The lowest BCUT2D eigenvalue weighted by Gasteiger charge is -2.06. The summed E-state index contributed by atoms with van der Waals surface area (Å²) in [7, 11) is 2.96. The summed E-state index contributed by atoms with van der Waals surface area (Å²) >= 11 is 0. The number of halogens is 1. The number of hydrogen-bond donors (Lipinski definition) is 1. The zero-order valence-electron chi connectivity index (χ0n) is 10.3. The van der Waals surface area contributed by atoms with Gasteiger partial charge in [-0.05, 0) is 24.3 Å². The highest BCUT2D eigenvalue weighted by atomic mass is 35.7. The van der Waals surface area contributed by atoms with Crippen molar-refractivity contribution in [2.24, 2.45) is 0 Å². The maximum Gasteiger partial charge on any atom is 0.261 e. The Bertz CT molecular complexity index is 514. The molecular formula is C11H14ClNO5S. The number of benzene rings is 1. The first kappa shape index (κ1) is 15.9. The lowest BCUT2D eigenvalue weighted by molar-refractivity contribution is -0.121. The number of nitrogens with one attached hydrogen (secondary N) is 1. The van der Waals surface area contributed by atoms with Crippen LogP contribution in [0.1, 0.15) is 0 Å². The van der Waals surface area contributed by atoms with Crippen molar-refractivity contribution in [3.8, 4) is 0 Å². The monoisotopic (exact) mass is 307 g/mol. The van der Waals surface area contributed by atoms with Gasteiger partial charge in [0, 0.05) is 23.5 Å². The van der Waals surface area contributed by atoms with E-state index in [2.05, 4.69) is 5.32 Å². The van der Waals surface area contributed by atoms with E-state index < -0.39 is 9.05 Å². The Morgan fingerprint density at radius 3 is 2.42 bits per heavy atom. The highest BCUT2D eigenvalue weighted by Gasteiger charge is 2.09. The fraction of sp³-hybridized carbons (Fsp3) is 0.364. The zero-order valence-corrected chi connectivity index (χ0v) is 11.8. The van der Waals surface area contributed by atoms with Crippen molar-refractivity contribution >= 4 is 31.3 Å². The maximum atomic E-state index is 11.4. The number of rotatable bonds is 7. The summed E-state index contributed by atoms with van der Waals surface area (Å²) in [5.41, 5.74) is 0.462. The van der Waals surface area contributed by atoms with Crippen molar-refractivity contribution in [3.63, 3.8) is 0 Å². The molecule has 0 aromatic heterocycles. The largest absolute Gasteiger partial charge is 0.382 e. The highest BCUT2D eigenvalue weighted by molar-refractivity contribution is 8.13. The molecule has 8 heteroatoms. The Hall–Kier alpha value is -1.15. The molecule has 0 aliphatic rings. The third-order valence-electron chi connectivity index (χ3n) is 2.08. The topological polar surface area (TPSA) is 81.7 Å². The molecule has 6 nitrogen and oxygen atoms in total. The minimum atomic E-state index is -3.75. The number of carbonyl (C=O) groups is 1. The molecular weight excluding hydrogens is 294 g/mol. The van der Waals surface area contributed by atoms with Crippen LogP contribution in [0.5, 0.6) is 0 Å². The van der Waals surface area contributed by atoms with Crippen LogP contribution >= 0.6 is 10.7 Å². The fourth-order valence-corrected chi connectivity index (χ4v) is 1.97. The second-order valence-corrected chi connectivity index (χ2v) is 6.12. The summed E-state index contributed by atoms with van der Waals surface area (Å²) in [5, 5.41) is 2.55. The van der Waals surface area contributed by atoms with E-state index >= 15 is 0 Å². The molecule has 1 amide bonds. The van der Waals surface area contributed by atoms with Crippen molar-refractivity contribution in [1.29, 1.82) is 0 Å². The molecule has 0 aliphatic heterocycles. The Balaban J connectivity index is 2.47. The molecule has 0 heterocycles. The molecule has 19 heavy (non-hydrogen) atoms. The van der Waals surface area contributed by atoms with Gasteiger partial charge >= 0.3 is 0 Å². The third-order valence-corrected chi connectivity index (χ3v) is 3.45. The predicted molar refractivity (Wildman–Crippen MR) is 70.8 cm³/mol. The van der Waals surface area contributed by atoms with Crippen molar-refractivity contribution in [2.75, 3.05) is 32.2 Å². The van der Waals surface area contributed by atoms with Gasteiger partial charge in [0.1, 0.15) is 6.61 Å². The number of hydrogen-bond acceptors (Lipinski definition) is 5. The van der Waals surface area contributed by atoms with E-state index in [1.165, 1.54) is 31.4 Å². The summed E-state index contributed by atoms with van der Waals surface area (Å²) in [6.07, 6.45) is 0. The van der Waals surface area contributed by atoms with Crippen molar-refractivity contribution in [2.45, 2.75) is 4.90 Å². The maximum absolute atomic E-state index is 11.4. The molecule has 1 aromatic rings. The molecule has 0 saturated heterocycles. The van der Waals surface area contributed by atoms with Gasteiger partial charge in [0.25, 0.3) is 9.05 Å². The molecule has 0 atom stereocenters. The van der Waals surface area contributed by atoms with Gasteiger partial charge in [-0.15, -0.1) is 0 Å². The quantitative estimate of drug-likeness (QED) is 0.605. The van der Waals surface area contributed by atoms with Crippen LogP contribution < -0.4 is 5.32 Å². The van der Waals surface area contributed by atoms with Crippen molar-refractivity contribution in [1.82, 2.24) is 0 Å². The summed E-state index contributed by atoms with van der Waals surface area (Å²) in [6, 6.07) is 5.51. The minimum absolute atomic E-state index is 0.0245. The molecule has 0 bridgehead atoms. The van der Waals surface area contributed by atoms with Gasteiger partial charge < -0.3 is 14.8 Å². The van der Waals surface area contributed by atoms with Gasteiger partial charge in [0.05, 0.1) is 18.1 Å². The third kappa shape index (κ3) is 6.02. The molecule has 1 N–H and O–H groups in total. The van der Waals surface area contributed by atoms with E-state index in [4.69, 9.17) is 20.2 Å². The van der Waals surface area contributed by atoms with Crippen LogP contribution in [0.4, 0.5) is 5.69 Å². The van der Waals surface area contributed by atoms with Crippen LogP contribution in [0.3, 0.4) is 0 Å². The molecule has 0 saturated carbocycles. The zero-order chi connectivity index (χ0) is 14.3. The van der Waals surface area contributed by atoms with Crippen LogP contribution in [0.2, 0.25) is 0 Å². The molecule has 1 rings (SSSR count). The van der Waals surface area contributed by atoms with Gasteiger partial charge in [0.2, 0.25) is 5.91 Å². The van der Waals surface area contributed by atoms with Gasteiger partial charge in [0.15, 0.2) is 0 Å². The summed E-state index contributed by atoms with van der Waals surface area (Å²) in [5.74, 6) is -0.336. The number of methoxy groups -OCH3 is 1. The van der Waals surface area contributed by atoms with E-state index in [-0.39, 0.29) is 17.4 Å². The van der Waals surface area contributed by atoms with Crippen LogP contribution in [-0.2, 0) is 23.3 Å². The second kappa shape index (κ2) is 7.44. The second-order valence-electron chi connectivity index (χ2n) is 3.56. The number of ether oxygens (including phenoxy) is 2. The predicted octanol–water partition coefficient (Wildman–Crippen LogP) is 1.22. The smallest absolute Gasteiger partial charge is 0.261 e. The van der Waals surface area contributed by atoms with Crippen LogP contribution in [0, 0.1) is 0 Å². The first-order chi connectivity index (χ1) is 8.93. The van der Waals surface area contributed by atoms with E-state index in [1.807, 2.05) is 0 Å². The van der Waals surface area contributed by atoms with Gasteiger partial charge in [-0.25, -0.2) is 8.42 Å². The number of anilines is 1. The molecule has 1 aromatic carbocycles. The molecule has 106 valence electrons. The molecule has 0 radical (unpaired) electrons. The standard InChI is InChI=1S/C11H14ClNO5S/c1-17-6-7-18-8-11(14)13-9-2-4-10(5-3-9)19(12,15)16/h2-5H,6-8H2,1H3,(H,13,14). The van der Waals surface area contributed by atoms with Crippen LogP contribution in [0.25, 0.3) is 0 Å². The lowest BCUT2D eigenvalue weighted by atomic mass is 10.3. The summed E-state index contributed by atoms with van der Waals surface area (Å²) in [4.78, 5) is 11.4. The molecule has 0 fully saturated rings. The molecule has 0 aliphatic carbocycles. The lowest BCUT2D eigenvalue weighted by Crippen LogP contribution is -2.19. The van der Waals surface area contributed by atoms with Crippen LogP contribution in [-0.4, -0.2) is 41.3 Å². The van der Waals surface area contributed by atoms with Crippen molar-refractivity contribution in [3.05, 3.63) is 24.3 Å². The Kier molecular flexibility index (Phi) is 6.23. The van der Waals surface area contributed by atoms with Gasteiger partial charge in [-0.3, -0.25) is 4.79 Å². The molecule has 0 spiro atoms. The number of amides is 1. The van der Waals surface area contributed by atoms with E-state index in [0.717, 1.165) is 0 Å². The SMILES string of the molecule is COCCOCC(=O)Nc1ccc(S(=O)(=O)Cl)cc1. The average molecular weight is 308 g/mol. The highest BCUT2D eigenvalue weighted by Crippen LogP contribution is 2.17. The van der Waals surface area contributed by atoms with Gasteiger partial charge in [-0.1, -0.05) is 0 Å². The first-order valence-corrected chi connectivity index (χ1v) is 7.65. The average Bonchev–Trinajstić information content (AvgIpc) is 2.34. The van der Waals surface area contributed by atoms with Crippen LogP contribution in [0.15, 0.2) is 29.2 Å². The summed E-state index contributed by atoms with van der Waals surface area (Å²) < 4.78 is 31.8. The number of carbonyl (C=O) groups excluding carboxylic acids is 1. The molecule has 0 unspecified atom stereocenters. The summed E-state index contributed by atoms with van der Waals surface area (Å²) in [6.45, 7) is 0.641.